The number of hydrogen-bond acceptors (Lipinski definition) is 3. The molecular weight excluding hydrogens is 316 g/mol. The molecule has 4 nitrogen and oxygen atoms in total. The highest BCUT2D eigenvalue weighted by Gasteiger charge is 2.21. The molecule has 0 bridgehead atoms. The second-order valence-electron chi connectivity index (χ2n) is 4.61. The largest absolute Gasteiger partial charge is 0.329 e. The third-order valence-corrected chi connectivity index (χ3v) is 5.02. The molecule has 0 heterocycles. The summed E-state index contributed by atoms with van der Waals surface area (Å²) in [4.78, 5) is 0.243. The minimum atomic E-state index is -3.52. The summed E-state index contributed by atoms with van der Waals surface area (Å²) in [5.41, 5.74) is 5.61. The fourth-order valence-electron chi connectivity index (χ4n) is 1.71. The van der Waals surface area contributed by atoms with Gasteiger partial charge in [-0.25, -0.2) is 13.1 Å². The first-order chi connectivity index (χ1) is 8.36. The van der Waals surface area contributed by atoms with Crippen LogP contribution in [0.5, 0.6) is 0 Å². The average Bonchev–Trinajstić information content (AvgIpc) is 2.27. The number of benzene rings is 1. The second kappa shape index (κ2) is 6.65. The Balaban J connectivity index is 2.91. The molecule has 0 aliphatic heterocycles. The molecule has 1 atom stereocenters. The van der Waals surface area contributed by atoms with Gasteiger partial charge in [0.05, 0.1) is 4.90 Å². The smallest absolute Gasteiger partial charge is 0.241 e. The van der Waals surface area contributed by atoms with E-state index in [9.17, 15) is 8.42 Å². The lowest BCUT2D eigenvalue weighted by atomic mass is 10.1. The van der Waals surface area contributed by atoms with Crippen LogP contribution < -0.4 is 10.5 Å². The lowest BCUT2D eigenvalue weighted by molar-refractivity contribution is 0.465. The van der Waals surface area contributed by atoms with Crippen molar-refractivity contribution in [3.63, 3.8) is 0 Å². The first-order valence-corrected chi connectivity index (χ1v) is 8.11. The Bertz CT molecular complexity index is 489. The van der Waals surface area contributed by atoms with Gasteiger partial charge in [0.1, 0.15) is 0 Å². The van der Waals surface area contributed by atoms with Crippen molar-refractivity contribution in [2.24, 2.45) is 11.7 Å². The van der Waals surface area contributed by atoms with Crippen LogP contribution in [0.4, 0.5) is 0 Å². The van der Waals surface area contributed by atoms with E-state index in [-0.39, 0.29) is 10.9 Å². The fraction of sp³-hybridized carbons (Fsp3) is 0.500. The van der Waals surface area contributed by atoms with Gasteiger partial charge in [-0.05, 0) is 40.4 Å². The molecule has 0 radical (unpaired) electrons. The van der Waals surface area contributed by atoms with Crippen LogP contribution in [0, 0.1) is 5.92 Å². The molecule has 0 saturated heterocycles. The lowest BCUT2D eigenvalue weighted by Gasteiger charge is -2.19. The third kappa shape index (κ3) is 4.35. The maximum absolute atomic E-state index is 12.2. The summed E-state index contributed by atoms with van der Waals surface area (Å²) >= 11 is 3.24. The average molecular weight is 335 g/mol. The summed E-state index contributed by atoms with van der Waals surface area (Å²) in [6.07, 6.45) is 0.722. The number of sulfonamides is 1. The van der Waals surface area contributed by atoms with Gasteiger partial charge >= 0.3 is 0 Å². The minimum absolute atomic E-state index is 0.234. The van der Waals surface area contributed by atoms with Crippen LogP contribution in [-0.4, -0.2) is 21.0 Å². The standard InChI is InChI=1S/C12H19BrN2O2S/c1-9(2)7-10(8-14)15-18(16,17)12-6-4-3-5-11(12)13/h3-6,9-10,15H,7-8,14H2,1-2H3/t10-/m1/s1. The van der Waals surface area contributed by atoms with E-state index in [1.165, 1.54) is 0 Å². The van der Waals surface area contributed by atoms with E-state index < -0.39 is 10.0 Å². The Hall–Kier alpha value is -0.430. The SMILES string of the molecule is CC(C)C[C@H](CN)NS(=O)(=O)c1ccccc1Br. The van der Waals surface area contributed by atoms with Crippen molar-refractivity contribution in [1.82, 2.24) is 4.72 Å². The molecule has 1 aromatic carbocycles. The third-order valence-electron chi connectivity index (χ3n) is 2.49. The van der Waals surface area contributed by atoms with Crippen molar-refractivity contribution in [3.05, 3.63) is 28.7 Å². The molecule has 102 valence electrons. The Morgan fingerprint density at radius 1 is 1.33 bits per heavy atom. The molecule has 1 rings (SSSR count). The molecule has 0 aliphatic carbocycles. The van der Waals surface area contributed by atoms with Crippen LogP contribution in [0.2, 0.25) is 0 Å². The van der Waals surface area contributed by atoms with Crippen LogP contribution in [0.1, 0.15) is 20.3 Å². The van der Waals surface area contributed by atoms with Crippen molar-refractivity contribution >= 4 is 26.0 Å². The van der Waals surface area contributed by atoms with Crippen LogP contribution in [-0.2, 0) is 10.0 Å². The number of nitrogens with two attached hydrogens (primary N) is 1. The van der Waals surface area contributed by atoms with E-state index in [2.05, 4.69) is 20.7 Å². The fourth-order valence-corrected chi connectivity index (χ4v) is 3.97. The van der Waals surface area contributed by atoms with Gasteiger partial charge < -0.3 is 5.73 Å². The van der Waals surface area contributed by atoms with Crippen molar-refractivity contribution in [2.75, 3.05) is 6.54 Å². The molecule has 0 amide bonds. The normalized spacial score (nSPS) is 13.8. The summed E-state index contributed by atoms with van der Waals surface area (Å²) in [7, 11) is -3.52. The van der Waals surface area contributed by atoms with E-state index in [1.54, 1.807) is 24.3 Å². The monoisotopic (exact) mass is 334 g/mol. The molecule has 0 aliphatic rings. The molecule has 0 fully saturated rings. The van der Waals surface area contributed by atoms with E-state index in [0.29, 0.717) is 16.9 Å². The maximum Gasteiger partial charge on any atom is 0.241 e. The summed E-state index contributed by atoms with van der Waals surface area (Å²) in [6.45, 7) is 4.37. The summed E-state index contributed by atoms with van der Waals surface area (Å²) in [5, 5.41) is 0. The van der Waals surface area contributed by atoms with Crippen molar-refractivity contribution in [3.8, 4) is 0 Å². The zero-order chi connectivity index (χ0) is 13.8. The van der Waals surface area contributed by atoms with Crippen LogP contribution in [0.3, 0.4) is 0 Å². The summed E-state index contributed by atoms with van der Waals surface area (Å²) in [6, 6.07) is 6.50. The highest BCUT2D eigenvalue weighted by molar-refractivity contribution is 9.10. The van der Waals surface area contributed by atoms with Gasteiger partial charge in [-0.1, -0.05) is 26.0 Å². The van der Waals surface area contributed by atoms with E-state index >= 15 is 0 Å². The molecule has 1 aromatic rings. The molecule has 6 heteroatoms. The van der Waals surface area contributed by atoms with Gasteiger partial charge in [-0.15, -0.1) is 0 Å². The van der Waals surface area contributed by atoms with Crippen LogP contribution in [0.25, 0.3) is 0 Å². The van der Waals surface area contributed by atoms with Crippen LogP contribution in [0.15, 0.2) is 33.6 Å². The predicted molar refractivity (Wildman–Crippen MR) is 76.8 cm³/mol. The Kier molecular flexibility index (Phi) is 5.78. The zero-order valence-electron chi connectivity index (χ0n) is 10.6. The Labute approximate surface area is 117 Å². The van der Waals surface area contributed by atoms with Gasteiger partial charge in [-0.2, -0.15) is 0 Å². The highest BCUT2D eigenvalue weighted by Crippen LogP contribution is 2.21. The molecular formula is C12H19BrN2O2S. The Morgan fingerprint density at radius 3 is 2.44 bits per heavy atom. The zero-order valence-corrected chi connectivity index (χ0v) is 13.0. The number of halogens is 1. The second-order valence-corrected chi connectivity index (χ2v) is 7.15. The Morgan fingerprint density at radius 2 is 1.94 bits per heavy atom. The first-order valence-electron chi connectivity index (χ1n) is 5.83. The minimum Gasteiger partial charge on any atom is -0.329 e. The maximum atomic E-state index is 12.2. The summed E-state index contributed by atoms with van der Waals surface area (Å²) < 4.78 is 27.6. The molecule has 18 heavy (non-hydrogen) atoms. The van der Waals surface area contributed by atoms with E-state index in [1.807, 2.05) is 13.8 Å². The van der Waals surface area contributed by atoms with Gasteiger partial charge in [0.25, 0.3) is 0 Å². The van der Waals surface area contributed by atoms with Gasteiger partial charge in [0, 0.05) is 17.1 Å². The molecule has 3 N–H and O–H groups in total. The van der Waals surface area contributed by atoms with Gasteiger partial charge in [-0.3, -0.25) is 0 Å². The number of hydrogen-bond donors (Lipinski definition) is 2. The topological polar surface area (TPSA) is 72.2 Å². The lowest BCUT2D eigenvalue weighted by Crippen LogP contribution is -2.41. The first kappa shape index (κ1) is 15.6. The van der Waals surface area contributed by atoms with E-state index in [4.69, 9.17) is 5.73 Å². The molecule has 0 aromatic heterocycles. The quantitative estimate of drug-likeness (QED) is 0.836. The predicted octanol–water partition coefficient (Wildman–Crippen LogP) is 2.10. The van der Waals surface area contributed by atoms with Crippen molar-refractivity contribution in [1.29, 1.82) is 0 Å². The van der Waals surface area contributed by atoms with Gasteiger partial charge in [0.2, 0.25) is 10.0 Å². The highest BCUT2D eigenvalue weighted by atomic mass is 79.9. The van der Waals surface area contributed by atoms with Gasteiger partial charge in [0.15, 0.2) is 0 Å². The molecule has 0 unspecified atom stereocenters. The van der Waals surface area contributed by atoms with Crippen molar-refractivity contribution < 1.29 is 8.42 Å². The number of rotatable bonds is 6. The van der Waals surface area contributed by atoms with Crippen LogP contribution >= 0.6 is 15.9 Å². The molecule has 0 saturated carbocycles. The van der Waals surface area contributed by atoms with E-state index in [0.717, 1.165) is 6.42 Å². The molecule has 0 spiro atoms. The number of nitrogens with one attached hydrogen (secondary N) is 1. The van der Waals surface area contributed by atoms with Crippen molar-refractivity contribution in [2.45, 2.75) is 31.2 Å². The summed E-state index contributed by atoms with van der Waals surface area (Å²) in [5.74, 6) is 0.389.